The number of nitro groups is 1. The SMILES string of the molecule is CCCCNC(=NCc1ccc([N+](=O)[O-])cc1)NCCCOCC.I. The van der Waals surface area contributed by atoms with Gasteiger partial charge in [-0.25, -0.2) is 4.99 Å². The molecular formula is C17H29IN4O3. The van der Waals surface area contributed by atoms with Crippen LogP contribution in [0.3, 0.4) is 0 Å². The second kappa shape index (κ2) is 14.9. The number of ether oxygens (including phenoxy) is 1. The number of hydrogen-bond acceptors (Lipinski definition) is 4. The van der Waals surface area contributed by atoms with Crippen LogP contribution >= 0.6 is 24.0 Å². The van der Waals surface area contributed by atoms with Crippen LogP contribution in [0.4, 0.5) is 5.69 Å². The number of unbranched alkanes of at least 4 members (excludes halogenated alkanes) is 1. The molecular weight excluding hydrogens is 435 g/mol. The Balaban J connectivity index is 0.00000576. The zero-order valence-electron chi connectivity index (χ0n) is 15.0. The first-order chi connectivity index (χ1) is 11.7. The fourth-order valence-corrected chi connectivity index (χ4v) is 1.98. The monoisotopic (exact) mass is 464 g/mol. The highest BCUT2D eigenvalue weighted by atomic mass is 127. The highest BCUT2D eigenvalue weighted by Crippen LogP contribution is 2.12. The van der Waals surface area contributed by atoms with Gasteiger partial charge in [-0.05, 0) is 25.3 Å². The molecule has 1 aromatic carbocycles. The third kappa shape index (κ3) is 10.9. The normalized spacial score (nSPS) is 10.9. The van der Waals surface area contributed by atoms with Crippen molar-refractivity contribution in [3.05, 3.63) is 39.9 Å². The molecule has 0 heterocycles. The highest BCUT2D eigenvalue weighted by Gasteiger charge is 2.04. The fraction of sp³-hybridized carbons (Fsp3) is 0.588. The van der Waals surface area contributed by atoms with E-state index in [1.54, 1.807) is 12.1 Å². The van der Waals surface area contributed by atoms with E-state index in [4.69, 9.17) is 4.74 Å². The quantitative estimate of drug-likeness (QED) is 0.131. The second-order valence-electron chi connectivity index (χ2n) is 5.35. The molecule has 0 amide bonds. The Kier molecular flexibility index (Phi) is 14.0. The molecule has 142 valence electrons. The lowest BCUT2D eigenvalue weighted by Gasteiger charge is -2.12. The number of rotatable bonds is 11. The molecule has 0 aliphatic carbocycles. The summed E-state index contributed by atoms with van der Waals surface area (Å²) in [7, 11) is 0. The van der Waals surface area contributed by atoms with Gasteiger partial charge in [0.1, 0.15) is 0 Å². The molecule has 0 saturated heterocycles. The van der Waals surface area contributed by atoms with Crippen LogP contribution in [0.2, 0.25) is 0 Å². The van der Waals surface area contributed by atoms with E-state index in [1.165, 1.54) is 12.1 Å². The zero-order chi connectivity index (χ0) is 17.6. The van der Waals surface area contributed by atoms with Gasteiger partial charge in [0.05, 0.1) is 11.5 Å². The van der Waals surface area contributed by atoms with Crippen molar-refractivity contribution in [3.63, 3.8) is 0 Å². The second-order valence-corrected chi connectivity index (χ2v) is 5.35. The highest BCUT2D eigenvalue weighted by molar-refractivity contribution is 14.0. The first-order valence-corrected chi connectivity index (χ1v) is 8.50. The maximum absolute atomic E-state index is 10.7. The molecule has 0 atom stereocenters. The number of nitro benzene ring substituents is 1. The van der Waals surface area contributed by atoms with E-state index < -0.39 is 4.92 Å². The predicted molar refractivity (Wildman–Crippen MR) is 112 cm³/mol. The van der Waals surface area contributed by atoms with E-state index in [-0.39, 0.29) is 29.7 Å². The van der Waals surface area contributed by atoms with Crippen molar-refractivity contribution in [2.75, 3.05) is 26.3 Å². The van der Waals surface area contributed by atoms with E-state index in [9.17, 15) is 10.1 Å². The van der Waals surface area contributed by atoms with E-state index in [2.05, 4.69) is 22.5 Å². The summed E-state index contributed by atoms with van der Waals surface area (Å²) < 4.78 is 5.32. The Morgan fingerprint density at radius 3 is 2.36 bits per heavy atom. The summed E-state index contributed by atoms with van der Waals surface area (Å²) in [6, 6.07) is 6.48. The maximum atomic E-state index is 10.7. The van der Waals surface area contributed by atoms with E-state index in [0.717, 1.165) is 57.1 Å². The van der Waals surface area contributed by atoms with E-state index in [1.807, 2.05) is 6.92 Å². The van der Waals surface area contributed by atoms with Gasteiger partial charge in [0.15, 0.2) is 5.96 Å². The van der Waals surface area contributed by atoms with Crippen molar-refractivity contribution in [1.82, 2.24) is 10.6 Å². The van der Waals surface area contributed by atoms with Gasteiger partial charge in [0, 0.05) is 38.4 Å². The summed E-state index contributed by atoms with van der Waals surface area (Å²) in [6.45, 7) is 7.73. The maximum Gasteiger partial charge on any atom is 0.269 e. The minimum atomic E-state index is -0.398. The summed E-state index contributed by atoms with van der Waals surface area (Å²) >= 11 is 0. The first-order valence-electron chi connectivity index (χ1n) is 8.50. The van der Waals surface area contributed by atoms with Gasteiger partial charge in [0.2, 0.25) is 0 Å². The molecule has 25 heavy (non-hydrogen) atoms. The van der Waals surface area contributed by atoms with Crippen molar-refractivity contribution in [1.29, 1.82) is 0 Å². The van der Waals surface area contributed by atoms with Crippen molar-refractivity contribution in [2.45, 2.75) is 39.7 Å². The number of guanidine groups is 1. The Bertz CT molecular complexity index is 509. The zero-order valence-corrected chi connectivity index (χ0v) is 17.3. The van der Waals surface area contributed by atoms with Crippen molar-refractivity contribution in [2.24, 2.45) is 4.99 Å². The smallest absolute Gasteiger partial charge is 0.269 e. The third-order valence-corrected chi connectivity index (χ3v) is 3.35. The van der Waals surface area contributed by atoms with Crippen molar-refractivity contribution >= 4 is 35.6 Å². The molecule has 0 aliphatic heterocycles. The predicted octanol–water partition coefficient (Wildman–Crippen LogP) is 3.47. The number of halogens is 1. The topological polar surface area (TPSA) is 88.8 Å². The van der Waals surface area contributed by atoms with Gasteiger partial charge in [-0.3, -0.25) is 10.1 Å². The lowest BCUT2D eigenvalue weighted by Crippen LogP contribution is -2.38. The van der Waals surface area contributed by atoms with Crippen LogP contribution < -0.4 is 10.6 Å². The molecule has 0 unspecified atom stereocenters. The van der Waals surface area contributed by atoms with Crippen LogP contribution in [0.25, 0.3) is 0 Å². The molecule has 0 saturated carbocycles. The van der Waals surface area contributed by atoms with Gasteiger partial charge < -0.3 is 15.4 Å². The average Bonchev–Trinajstić information content (AvgIpc) is 2.59. The van der Waals surface area contributed by atoms with E-state index >= 15 is 0 Å². The summed E-state index contributed by atoms with van der Waals surface area (Å²) in [6.07, 6.45) is 3.12. The van der Waals surface area contributed by atoms with Crippen LogP contribution in [0.5, 0.6) is 0 Å². The van der Waals surface area contributed by atoms with Crippen molar-refractivity contribution in [3.8, 4) is 0 Å². The average molecular weight is 464 g/mol. The van der Waals surface area contributed by atoms with Crippen molar-refractivity contribution < 1.29 is 9.66 Å². The Morgan fingerprint density at radius 1 is 1.16 bits per heavy atom. The Hall–Kier alpha value is -1.42. The largest absolute Gasteiger partial charge is 0.382 e. The molecule has 0 fully saturated rings. The van der Waals surface area contributed by atoms with Gasteiger partial charge in [0.25, 0.3) is 5.69 Å². The number of benzene rings is 1. The van der Waals surface area contributed by atoms with Gasteiger partial charge >= 0.3 is 0 Å². The van der Waals surface area contributed by atoms with Gasteiger partial charge in [-0.15, -0.1) is 24.0 Å². The van der Waals surface area contributed by atoms with E-state index in [0.29, 0.717) is 6.54 Å². The minimum Gasteiger partial charge on any atom is -0.382 e. The summed E-state index contributed by atoms with van der Waals surface area (Å²) in [5, 5.41) is 17.3. The van der Waals surface area contributed by atoms with Gasteiger partial charge in [-0.2, -0.15) is 0 Å². The number of nitrogens with one attached hydrogen (secondary N) is 2. The molecule has 8 heteroatoms. The first kappa shape index (κ1) is 23.6. The Morgan fingerprint density at radius 2 is 1.80 bits per heavy atom. The molecule has 0 spiro atoms. The van der Waals surface area contributed by atoms with Gasteiger partial charge in [-0.1, -0.05) is 25.5 Å². The lowest BCUT2D eigenvalue weighted by molar-refractivity contribution is -0.384. The van der Waals surface area contributed by atoms with Crippen LogP contribution in [-0.2, 0) is 11.3 Å². The van der Waals surface area contributed by atoms with Crippen LogP contribution in [-0.4, -0.2) is 37.2 Å². The molecule has 0 radical (unpaired) electrons. The fourth-order valence-electron chi connectivity index (χ4n) is 1.98. The molecule has 0 aliphatic rings. The van der Waals surface area contributed by atoms with Crippen LogP contribution in [0.15, 0.2) is 29.3 Å². The third-order valence-electron chi connectivity index (χ3n) is 3.35. The Labute approximate surface area is 166 Å². The number of non-ortho nitro benzene ring substituents is 1. The number of nitrogens with zero attached hydrogens (tertiary/aromatic N) is 2. The molecule has 1 rings (SSSR count). The molecule has 2 N–H and O–H groups in total. The van der Waals surface area contributed by atoms with Crippen LogP contribution in [0.1, 0.15) is 38.7 Å². The molecule has 7 nitrogen and oxygen atoms in total. The minimum absolute atomic E-state index is 0. The number of aliphatic imine (C=N–C) groups is 1. The summed E-state index contributed by atoms with van der Waals surface area (Å²) in [4.78, 5) is 14.8. The number of hydrogen-bond donors (Lipinski definition) is 2. The molecule has 1 aromatic rings. The summed E-state index contributed by atoms with van der Waals surface area (Å²) in [5.74, 6) is 0.762. The standard InChI is InChI=1S/C17H28N4O3.HI/c1-3-5-11-18-17(19-12-6-13-24-4-2)20-14-15-7-9-16(10-8-15)21(22)23;/h7-10H,3-6,11-14H2,1-2H3,(H2,18,19,20);1H. The molecule has 0 bridgehead atoms. The van der Waals surface area contributed by atoms with Crippen LogP contribution in [0, 0.1) is 10.1 Å². The summed E-state index contributed by atoms with van der Waals surface area (Å²) in [5.41, 5.74) is 1.03. The lowest BCUT2D eigenvalue weighted by atomic mass is 10.2. The molecule has 0 aromatic heterocycles.